The SMILES string of the molecule is C[C@@H](CN)NCC1(C)CC1F. The highest BCUT2D eigenvalue weighted by atomic mass is 19.1. The molecule has 1 saturated carbocycles. The minimum atomic E-state index is -0.597. The van der Waals surface area contributed by atoms with Gasteiger partial charge in [0.25, 0.3) is 0 Å². The van der Waals surface area contributed by atoms with Gasteiger partial charge in [-0.25, -0.2) is 4.39 Å². The van der Waals surface area contributed by atoms with Crippen molar-refractivity contribution in [1.29, 1.82) is 0 Å². The second-order valence-corrected chi connectivity index (χ2v) is 3.84. The van der Waals surface area contributed by atoms with Crippen molar-refractivity contribution < 1.29 is 4.39 Å². The van der Waals surface area contributed by atoms with Crippen LogP contribution >= 0.6 is 0 Å². The molecule has 2 unspecified atom stereocenters. The van der Waals surface area contributed by atoms with Crippen LogP contribution in [0.2, 0.25) is 0 Å². The first-order valence-electron chi connectivity index (χ1n) is 4.16. The Morgan fingerprint density at radius 3 is 2.73 bits per heavy atom. The van der Waals surface area contributed by atoms with E-state index >= 15 is 0 Å². The monoisotopic (exact) mass is 160 g/mol. The number of nitrogens with two attached hydrogens (primary N) is 1. The predicted octanol–water partition coefficient (Wildman–Crippen LogP) is 0.671. The van der Waals surface area contributed by atoms with Crippen molar-refractivity contribution in [3.8, 4) is 0 Å². The van der Waals surface area contributed by atoms with E-state index in [2.05, 4.69) is 5.32 Å². The summed E-state index contributed by atoms with van der Waals surface area (Å²) in [5.74, 6) is 0. The largest absolute Gasteiger partial charge is 0.329 e. The van der Waals surface area contributed by atoms with Crippen molar-refractivity contribution in [1.82, 2.24) is 5.32 Å². The maximum atomic E-state index is 12.6. The third kappa shape index (κ3) is 2.14. The average Bonchev–Trinajstić information content (AvgIpc) is 2.56. The van der Waals surface area contributed by atoms with E-state index in [1.165, 1.54) is 0 Å². The molecule has 1 aliphatic rings. The highest BCUT2D eigenvalue weighted by molar-refractivity contribution is 5.01. The van der Waals surface area contributed by atoms with Crippen LogP contribution in [0.4, 0.5) is 4.39 Å². The number of alkyl halides is 1. The summed E-state index contributed by atoms with van der Waals surface area (Å²) in [4.78, 5) is 0. The molecule has 1 fully saturated rings. The molecule has 2 nitrogen and oxygen atoms in total. The van der Waals surface area contributed by atoms with Crippen LogP contribution in [0.1, 0.15) is 20.3 Å². The maximum absolute atomic E-state index is 12.6. The van der Waals surface area contributed by atoms with Gasteiger partial charge in [-0.05, 0) is 13.3 Å². The molecule has 0 bridgehead atoms. The molecule has 3 heteroatoms. The molecule has 0 aromatic heterocycles. The van der Waals surface area contributed by atoms with Gasteiger partial charge >= 0.3 is 0 Å². The van der Waals surface area contributed by atoms with E-state index in [-0.39, 0.29) is 5.41 Å². The van der Waals surface area contributed by atoms with E-state index in [9.17, 15) is 4.39 Å². The van der Waals surface area contributed by atoms with Crippen LogP contribution in [-0.4, -0.2) is 25.3 Å². The van der Waals surface area contributed by atoms with Crippen LogP contribution in [0.3, 0.4) is 0 Å². The molecule has 0 aliphatic heterocycles. The molecule has 0 amide bonds. The number of halogens is 1. The van der Waals surface area contributed by atoms with Crippen LogP contribution in [0.25, 0.3) is 0 Å². The van der Waals surface area contributed by atoms with Gasteiger partial charge in [0.2, 0.25) is 0 Å². The molecule has 66 valence electrons. The summed E-state index contributed by atoms with van der Waals surface area (Å²) in [6.07, 6.45) is 0.108. The van der Waals surface area contributed by atoms with E-state index in [1.807, 2.05) is 13.8 Å². The zero-order valence-corrected chi connectivity index (χ0v) is 7.23. The van der Waals surface area contributed by atoms with Crippen molar-refractivity contribution in [2.75, 3.05) is 13.1 Å². The van der Waals surface area contributed by atoms with Gasteiger partial charge < -0.3 is 11.1 Å². The minimum absolute atomic E-state index is 0.0938. The summed E-state index contributed by atoms with van der Waals surface area (Å²) in [5.41, 5.74) is 5.31. The van der Waals surface area contributed by atoms with Crippen molar-refractivity contribution in [2.45, 2.75) is 32.5 Å². The Kier molecular flexibility index (Phi) is 2.50. The van der Waals surface area contributed by atoms with Crippen LogP contribution in [0.5, 0.6) is 0 Å². The number of hydrogen-bond acceptors (Lipinski definition) is 2. The molecule has 0 spiro atoms. The van der Waals surface area contributed by atoms with Gasteiger partial charge in [-0.3, -0.25) is 0 Å². The fourth-order valence-corrected chi connectivity index (χ4v) is 1.02. The zero-order chi connectivity index (χ0) is 8.48. The lowest BCUT2D eigenvalue weighted by atomic mass is 10.1. The van der Waals surface area contributed by atoms with E-state index in [1.54, 1.807) is 0 Å². The fraction of sp³-hybridized carbons (Fsp3) is 1.00. The average molecular weight is 160 g/mol. The summed E-state index contributed by atoms with van der Waals surface area (Å²) < 4.78 is 12.6. The third-order valence-electron chi connectivity index (χ3n) is 2.45. The highest BCUT2D eigenvalue weighted by Crippen LogP contribution is 2.47. The van der Waals surface area contributed by atoms with E-state index in [4.69, 9.17) is 5.73 Å². The van der Waals surface area contributed by atoms with Gasteiger partial charge in [0, 0.05) is 24.5 Å². The van der Waals surface area contributed by atoms with Gasteiger partial charge in [-0.15, -0.1) is 0 Å². The quantitative estimate of drug-likeness (QED) is 0.634. The molecule has 3 atom stereocenters. The first-order valence-corrected chi connectivity index (χ1v) is 4.16. The summed E-state index contributed by atoms with van der Waals surface area (Å²) in [6.45, 7) is 5.35. The molecule has 0 heterocycles. The van der Waals surface area contributed by atoms with Crippen LogP contribution in [0, 0.1) is 5.41 Å². The van der Waals surface area contributed by atoms with Crippen LogP contribution < -0.4 is 11.1 Å². The molecule has 11 heavy (non-hydrogen) atoms. The zero-order valence-electron chi connectivity index (χ0n) is 7.23. The predicted molar refractivity (Wildman–Crippen MR) is 44.1 cm³/mol. The first kappa shape index (κ1) is 8.94. The standard InChI is InChI=1S/C8H17FN2/c1-6(4-10)11-5-8(2)3-7(8)9/h6-7,11H,3-5,10H2,1-2H3/t6-,7?,8?/m0/s1. The molecular weight excluding hydrogens is 143 g/mol. The van der Waals surface area contributed by atoms with Gasteiger partial charge in [-0.2, -0.15) is 0 Å². The molecule has 1 rings (SSSR count). The Morgan fingerprint density at radius 2 is 2.36 bits per heavy atom. The second kappa shape index (κ2) is 3.07. The molecule has 0 aromatic rings. The number of nitrogens with one attached hydrogen (secondary N) is 1. The van der Waals surface area contributed by atoms with Crippen molar-refractivity contribution in [3.63, 3.8) is 0 Å². The molecule has 0 radical (unpaired) electrons. The molecule has 0 saturated heterocycles. The Morgan fingerprint density at radius 1 is 1.82 bits per heavy atom. The summed E-state index contributed by atoms with van der Waals surface area (Å²) >= 11 is 0. The summed E-state index contributed by atoms with van der Waals surface area (Å²) in [7, 11) is 0. The van der Waals surface area contributed by atoms with Crippen molar-refractivity contribution in [3.05, 3.63) is 0 Å². The molecule has 0 aromatic carbocycles. The molecular formula is C8H17FN2. The van der Waals surface area contributed by atoms with E-state index in [0.717, 1.165) is 6.54 Å². The third-order valence-corrected chi connectivity index (χ3v) is 2.45. The molecule has 1 aliphatic carbocycles. The maximum Gasteiger partial charge on any atom is 0.107 e. The van der Waals surface area contributed by atoms with Crippen molar-refractivity contribution in [2.24, 2.45) is 11.1 Å². The lowest BCUT2D eigenvalue weighted by molar-refractivity contribution is 0.352. The number of rotatable bonds is 4. The Balaban J connectivity index is 2.13. The Labute approximate surface area is 67.3 Å². The lowest BCUT2D eigenvalue weighted by Gasteiger charge is -2.14. The Hall–Kier alpha value is -0.150. The highest BCUT2D eigenvalue weighted by Gasteiger charge is 2.50. The molecule has 3 N–H and O–H groups in total. The van der Waals surface area contributed by atoms with Crippen LogP contribution in [0.15, 0.2) is 0 Å². The van der Waals surface area contributed by atoms with Gasteiger partial charge in [0.1, 0.15) is 6.17 Å². The van der Waals surface area contributed by atoms with E-state index < -0.39 is 6.17 Å². The first-order chi connectivity index (χ1) is 5.08. The number of hydrogen-bond donors (Lipinski definition) is 2. The topological polar surface area (TPSA) is 38.0 Å². The Bertz CT molecular complexity index is 140. The van der Waals surface area contributed by atoms with Gasteiger partial charge in [-0.1, -0.05) is 6.92 Å². The normalized spacial score (nSPS) is 38.7. The van der Waals surface area contributed by atoms with Gasteiger partial charge in [0.05, 0.1) is 0 Å². The van der Waals surface area contributed by atoms with Crippen LogP contribution in [-0.2, 0) is 0 Å². The summed E-state index contributed by atoms with van der Waals surface area (Å²) in [6, 6.07) is 0.305. The van der Waals surface area contributed by atoms with E-state index in [0.29, 0.717) is 19.0 Å². The minimum Gasteiger partial charge on any atom is -0.329 e. The lowest BCUT2D eigenvalue weighted by Crippen LogP contribution is -2.37. The second-order valence-electron chi connectivity index (χ2n) is 3.84. The van der Waals surface area contributed by atoms with Crippen molar-refractivity contribution >= 4 is 0 Å². The smallest absolute Gasteiger partial charge is 0.107 e. The fourth-order valence-electron chi connectivity index (χ4n) is 1.02. The summed E-state index contributed by atoms with van der Waals surface area (Å²) in [5, 5.41) is 3.20. The van der Waals surface area contributed by atoms with Gasteiger partial charge in [0.15, 0.2) is 0 Å².